The molecule has 0 aromatic carbocycles. The molecule has 0 saturated carbocycles. The van der Waals surface area contributed by atoms with Crippen molar-refractivity contribution in [2.75, 3.05) is 18.0 Å². The Morgan fingerprint density at radius 2 is 2.35 bits per heavy atom. The van der Waals surface area contributed by atoms with E-state index in [1.54, 1.807) is 12.1 Å². The van der Waals surface area contributed by atoms with Crippen LogP contribution in [0, 0.1) is 17.2 Å². The summed E-state index contributed by atoms with van der Waals surface area (Å²) in [5, 5.41) is 17.6. The van der Waals surface area contributed by atoms with Gasteiger partial charge < -0.3 is 10.0 Å². The van der Waals surface area contributed by atoms with E-state index in [9.17, 15) is 4.79 Å². The van der Waals surface area contributed by atoms with E-state index in [2.05, 4.69) is 11.1 Å². The van der Waals surface area contributed by atoms with Gasteiger partial charge in [0.05, 0.1) is 12.0 Å². The Kier molecular flexibility index (Phi) is 4.46. The smallest absolute Gasteiger partial charge is 0.354 e. The quantitative estimate of drug-likeness (QED) is 0.838. The molecule has 5 nitrogen and oxygen atoms in total. The van der Waals surface area contributed by atoms with Crippen LogP contribution in [-0.4, -0.2) is 29.1 Å². The van der Waals surface area contributed by atoms with E-state index < -0.39 is 5.97 Å². The van der Waals surface area contributed by atoms with Crippen molar-refractivity contribution in [3.8, 4) is 6.07 Å². The average Bonchev–Trinajstić information content (AvgIpc) is 2.35. The predicted octanol–water partition coefficient (Wildman–Crippen LogP) is 1.77. The average molecular weight is 233 g/mol. The van der Waals surface area contributed by atoms with E-state index in [0.29, 0.717) is 18.9 Å². The van der Waals surface area contributed by atoms with Crippen LogP contribution in [0.1, 0.15) is 24.3 Å². The number of aromatic carboxylic acids is 1. The molecular formula is C12H15N3O2. The van der Waals surface area contributed by atoms with Crippen LogP contribution in [-0.2, 0) is 0 Å². The molecule has 1 heterocycles. The number of hydrogen-bond donors (Lipinski definition) is 1. The molecule has 0 aliphatic rings. The molecular weight excluding hydrogens is 218 g/mol. The summed E-state index contributed by atoms with van der Waals surface area (Å²) in [6.45, 7) is 4.99. The van der Waals surface area contributed by atoms with E-state index in [0.717, 1.165) is 0 Å². The van der Waals surface area contributed by atoms with Crippen molar-refractivity contribution >= 4 is 11.8 Å². The number of anilines is 1. The summed E-state index contributed by atoms with van der Waals surface area (Å²) < 4.78 is 0. The Balaban J connectivity index is 2.92. The highest BCUT2D eigenvalue weighted by molar-refractivity contribution is 5.85. The molecule has 5 heteroatoms. The molecule has 0 fully saturated rings. The molecule has 1 aromatic heterocycles. The van der Waals surface area contributed by atoms with Gasteiger partial charge >= 0.3 is 5.97 Å². The number of nitriles is 1. The zero-order valence-corrected chi connectivity index (χ0v) is 9.92. The lowest BCUT2D eigenvalue weighted by Gasteiger charge is -2.23. The maximum absolute atomic E-state index is 10.8. The second-order valence-electron chi connectivity index (χ2n) is 3.75. The van der Waals surface area contributed by atoms with Crippen LogP contribution in [0.15, 0.2) is 18.2 Å². The van der Waals surface area contributed by atoms with Gasteiger partial charge in [-0.3, -0.25) is 0 Å². The normalized spacial score (nSPS) is 11.6. The van der Waals surface area contributed by atoms with Crippen LogP contribution in [0.4, 0.5) is 5.82 Å². The molecule has 1 unspecified atom stereocenters. The van der Waals surface area contributed by atoms with Crippen LogP contribution in [0.25, 0.3) is 0 Å². The van der Waals surface area contributed by atoms with Crippen molar-refractivity contribution in [2.45, 2.75) is 13.8 Å². The molecule has 90 valence electrons. The van der Waals surface area contributed by atoms with Gasteiger partial charge in [-0.1, -0.05) is 6.07 Å². The van der Waals surface area contributed by atoms with Crippen molar-refractivity contribution in [3.63, 3.8) is 0 Å². The molecule has 1 atom stereocenters. The third kappa shape index (κ3) is 3.45. The number of rotatable bonds is 5. The molecule has 0 saturated heterocycles. The minimum atomic E-state index is -1.05. The highest BCUT2D eigenvalue weighted by atomic mass is 16.4. The number of hydrogen-bond acceptors (Lipinski definition) is 4. The van der Waals surface area contributed by atoms with Gasteiger partial charge in [-0.25, -0.2) is 9.78 Å². The zero-order valence-electron chi connectivity index (χ0n) is 9.92. The second-order valence-corrected chi connectivity index (χ2v) is 3.75. The Morgan fingerprint density at radius 3 is 2.88 bits per heavy atom. The van der Waals surface area contributed by atoms with Crippen LogP contribution in [0.3, 0.4) is 0 Å². The number of carboxylic acids is 1. The minimum absolute atomic E-state index is 0.0190. The molecule has 0 aliphatic carbocycles. The van der Waals surface area contributed by atoms with Crippen molar-refractivity contribution in [3.05, 3.63) is 23.9 Å². The molecule has 0 spiro atoms. The zero-order chi connectivity index (χ0) is 12.8. The number of pyridine rings is 1. The predicted molar refractivity (Wildman–Crippen MR) is 63.9 cm³/mol. The van der Waals surface area contributed by atoms with E-state index in [1.807, 2.05) is 18.7 Å². The fourth-order valence-corrected chi connectivity index (χ4v) is 1.47. The van der Waals surface area contributed by atoms with Crippen molar-refractivity contribution in [1.82, 2.24) is 4.98 Å². The summed E-state index contributed by atoms with van der Waals surface area (Å²) in [5.41, 5.74) is 0.0190. The van der Waals surface area contributed by atoms with E-state index in [-0.39, 0.29) is 11.6 Å². The topological polar surface area (TPSA) is 77.2 Å². The second kappa shape index (κ2) is 5.85. The van der Waals surface area contributed by atoms with Gasteiger partial charge in [0, 0.05) is 13.1 Å². The third-order valence-electron chi connectivity index (χ3n) is 2.37. The van der Waals surface area contributed by atoms with Crippen LogP contribution >= 0.6 is 0 Å². The van der Waals surface area contributed by atoms with Gasteiger partial charge in [0.25, 0.3) is 0 Å². The highest BCUT2D eigenvalue weighted by Crippen LogP contribution is 2.13. The summed E-state index contributed by atoms with van der Waals surface area (Å²) in [4.78, 5) is 16.7. The van der Waals surface area contributed by atoms with Crippen molar-refractivity contribution in [1.29, 1.82) is 5.26 Å². The summed E-state index contributed by atoms with van der Waals surface area (Å²) in [6.07, 6.45) is 0. The van der Waals surface area contributed by atoms with E-state index in [1.165, 1.54) is 6.07 Å². The maximum Gasteiger partial charge on any atom is 0.354 e. The Morgan fingerprint density at radius 1 is 1.65 bits per heavy atom. The molecule has 0 bridgehead atoms. The first-order valence-corrected chi connectivity index (χ1v) is 5.43. The summed E-state index contributed by atoms with van der Waals surface area (Å²) in [7, 11) is 0. The van der Waals surface area contributed by atoms with Crippen molar-refractivity contribution < 1.29 is 9.90 Å². The molecule has 1 aromatic rings. The molecule has 0 aliphatic heterocycles. The van der Waals surface area contributed by atoms with Gasteiger partial charge in [0.15, 0.2) is 5.69 Å². The third-order valence-corrected chi connectivity index (χ3v) is 2.37. The number of carboxylic acid groups (broad SMARTS) is 1. The highest BCUT2D eigenvalue weighted by Gasteiger charge is 2.12. The van der Waals surface area contributed by atoms with Crippen LogP contribution in [0.2, 0.25) is 0 Å². The Bertz CT molecular complexity index is 440. The first-order valence-electron chi connectivity index (χ1n) is 5.43. The first-order chi connectivity index (χ1) is 8.08. The summed E-state index contributed by atoms with van der Waals surface area (Å²) in [6, 6.07) is 7.01. The maximum atomic E-state index is 10.8. The summed E-state index contributed by atoms with van der Waals surface area (Å²) in [5.74, 6) is -0.573. The van der Waals surface area contributed by atoms with E-state index in [4.69, 9.17) is 10.4 Å². The monoisotopic (exact) mass is 233 g/mol. The largest absolute Gasteiger partial charge is 0.477 e. The Labute approximate surface area is 100 Å². The molecule has 17 heavy (non-hydrogen) atoms. The SMILES string of the molecule is CCN(CC(C)C#N)c1cccc(C(=O)O)n1. The van der Waals surface area contributed by atoms with E-state index >= 15 is 0 Å². The fourth-order valence-electron chi connectivity index (χ4n) is 1.47. The summed E-state index contributed by atoms with van der Waals surface area (Å²) >= 11 is 0. The first kappa shape index (κ1) is 13.0. The lowest BCUT2D eigenvalue weighted by atomic mass is 10.2. The molecule has 1 rings (SSSR count). The van der Waals surface area contributed by atoms with Crippen LogP contribution < -0.4 is 4.90 Å². The molecule has 0 radical (unpaired) electrons. The number of nitrogens with zero attached hydrogens (tertiary/aromatic N) is 3. The number of aromatic nitrogens is 1. The van der Waals surface area contributed by atoms with Gasteiger partial charge in [0.1, 0.15) is 5.82 Å². The minimum Gasteiger partial charge on any atom is -0.477 e. The van der Waals surface area contributed by atoms with Gasteiger partial charge in [-0.15, -0.1) is 0 Å². The standard InChI is InChI=1S/C12H15N3O2/c1-3-15(8-9(2)7-13)11-6-4-5-10(14-11)12(16)17/h4-6,9H,3,8H2,1-2H3,(H,16,17). The van der Waals surface area contributed by atoms with Crippen molar-refractivity contribution in [2.24, 2.45) is 5.92 Å². The molecule has 1 N–H and O–H groups in total. The number of carbonyl (C=O) groups is 1. The van der Waals surface area contributed by atoms with Gasteiger partial charge in [0.2, 0.25) is 0 Å². The molecule has 0 amide bonds. The lowest BCUT2D eigenvalue weighted by Crippen LogP contribution is -2.28. The lowest BCUT2D eigenvalue weighted by molar-refractivity contribution is 0.0690. The Hall–Kier alpha value is -2.09. The van der Waals surface area contributed by atoms with Gasteiger partial charge in [-0.2, -0.15) is 5.26 Å². The van der Waals surface area contributed by atoms with Crippen LogP contribution in [0.5, 0.6) is 0 Å². The fraction of sp³-hybridized carbons (Fsp3) is 0.417. The van der Waals surface area contributed by atoms with Gasteiger partial charge in [-0.05, 0) is 26.0 Å².